The van der Waals surface area contributed by atoms with Crippen LogP contribution in [0.15, 0.2) is 24.4 Å². The molecule has 0 aliphatic heterocycles. The Hall–Kier alpha value is -1.97. The van der Waals surface area contributed by atoms with Gasteiger partial charge in [0.15, 0.2) is 0 Å². The number of aryl methyl sites for hydroxylation is 2. The maximum absolute atomic E-state index is 5.29. The number of benzene rings is 1. The van der Waals surface area contributed by atoms with Gasteiger partial charge in [-0.15, -0.1) is 0 Å². The quantitative estimate of drug-likeness (QED) is 0.933. The molecule has 1 heterocycles. The highest BCUT2D eigenvalue weighted by Crippen LogP contribution is 2.26. The molecule has 2 rings (SSSR count). The molecule has 0 saturated heterocycles. The number of anilines is 1. The molecule has 0 aliphatic rings. The van der Waals surface area contributed by atoms with Crippen molar-refractivity contribution in [2.24, 2.45) is 7.05 Å². The molecule has 1 aromatic carbocycles. The van der Waals surface area contributed by atoms with Gasteiger partial charge in [-0.05, 0) is 30.7 Å². The molecule has 4 nitrogen and oxygen atoms in total. The first kappa shape index (κ1) is 15.4. The van der Waals surface area contributed by atoms with E-state index >= 15 is 0 Å². The molecule has 0 unspecified atom stereocenters. The Bertz CT molecular complexity index is 623. The van der Waals surface area contributed by atoms with Gasteiger partial charge >= 0.3 is 0 Å². The summed E-state index contributed by atoms with van der Waals surface area (Å²) in [7, 11) is 3.66. The molecule has 0 saturated carbocycles. The molecule has 0 aliphatic carbocycles. The van der Waals surface area contributed by atoms with Crippen LogP contribution in [0.2, 0.25) is 0 Å². The van der Waals surface area contributed by atoms with E-state index in [1.165, 1.54) is 5.56 Å². The predicted octanol–water partition coefficient (Wildman–Crippen LogP) is 3.65. The minimum atomic E-state index is 0.0497. The van der Waals surface area contributed by atoms with Gasteiger partial charge in [0.05, 0.1) is 12.8 Å². The van der Waals surface area contributed by atoms with Gasteiger partial charge in [-0.25, -0.2) is 0 Å². The first-order valence-corrected chi connectivity index (χ1v) is 7.23. The molecule has 0 spiro atoms. The lowest BCUT2D eigenvalue weighted by Crippen LogP contribution is -2.16. The van der Waals surface area contributed by atoms with Gasteiger partial charge in [-0.2, -0.15) is 5.10 Å². The van der Waals surface area contributed by atoms with Crippen molar-refractivity contribution < 1.29 is 4.74 Å². The summed E-state index contributed by atoms with van der Waals surface area (Å²) in [6.07, 6.45) is 2.09. The van der Waals surface area contributed by atoms with Crippen molar-refractivity contribution in [1.82, 2.24) is 9.78 Å². The standard InChI is InChI=1S/C17H25N3O/c1-12-9-14(7-8-15(12)21-6)18-10-13-11-20(5)19-16(13)17(2,3)4/h7-9,11,18H,10H2,1-6H3. The molecular formula is C17H25N3O. The van der Waals surface area contributed by atoms with Crippen molar-refractivity contribution in [1.29, 1.82) is 0 Å². The van der Waals surface area contributed by atoms with Crippen LogP contribution >= 0.6 is 0 Å². The maximum atomic E-state index is 5.29. The molecule has 0 atom stereocenters. The summed E-state index contributed by atoms with van der Waals surface area (Å²) in [6, 6.07) is 6.14. The molecule has 4 heteroatoms. The Morgan fingerprint density at radius 2 is 2.00 bits per heavy atom. The van der Waals surface area contributed by atoms with Crippen LogP contribution in [-0.4, -0.2) is 16.9 Å². The Labute approximate surface area is 127 Å². The highest BCUT2D eigenvalue weighted by atomic mass is 16.5. The molecular weight excluding hydrogens is 262 g/mol. The number of hydrogen-bond acceptors (Lipinski definition) is 3. The average Bonchev–Trinajstić information content (AvgIpc) is 2.78. The second-order valence-corrected chi connectivity index (χ2v) is 6.46. The monoisotopic (exact) mass is 287 g/mol. The van der Waals surface area contributed by atoms with Crippen molar-refractivity contribution in [2.75, 3.05) is 12.4 Å². The lowest BCUT2D eigenvalue weighted by molar-refractivity contribution is 0.412. The average molecular weight is 287 g/mol. The van der Waals surface area contributed by atoms with Gasteiger partial charge < -0.3 is 10.1 Å². The molecule has 0 fully saturated rings. The molecule has 21 heavy (non-hydrogen) atoms. The van der Waals surface area contributed by atoms with Crippen LogP contribution in [0.5, 0.6) is 5.75 Å². The Kier molecular flexibility index (Phi) is 4.26. The molecule has 1 aromatic heterocycles. The summed E-state index contributed by atoms with van der Waals surface area (Å²) in [5.41, 5.74) is 4.65. The van der Waals surface area contributed by atoms with Crippen LogP contribution in [0, 0.1) is 6.92 Å². The minimum Gasteiger partial charge on any atom is -0.496 e. The summed E-state index contributed by atoms with van der Waals surface area (Å²) in [5.74, 6) is 0.914. The van der Waals surface area contributed by atoms with Crippen LogP contribution in [0.4, 0.5) is 5.69 Å². The topological polar surface area (TPSA) is 39.1 Å². The van der Waals surface area contributed by atoms with Gasteiger partial charge in [0.2, 0.25) is 0 Å². The molecule has 2 aromatic rings. The second kappa shape index (κ2) is 5.80. The summed E-state index contributed by atoms with van der Waals surface area (Å²) >= 11 is 0. The molecule has 1 N–H and O–H groups in total. The predicted molar refractivity (Wildman–Crippen MR) is 87.0 cm³/mol. The summed E-state index contributed by atoms with van der Waals surface area (Å²) in [5, 5.41) is 8.07. The Morgan fingerprint density at radius 1 is 1.29 bits per heavy atom. The van der Waals surface area contributed by atoms with Gasteiger partial charge in [0.25, 0.3) is 0 Å². The maximum Gasteiger partial charge on any atom is 0.121 e. The van der Waals surface area contributed by atoms with Gasteiger partial charge in [-0.3, -0.25) is 4.68 Å². The first-order chi connectivity index (χ1) is 9.81. The fourth-order valence-electron chi connectivity index (χ4n) is 2.48. The van der Waals surface area contributed by atoms with Crippen LogP contribution in [0.25, 0.3) is 0 Å². The highest BCUT2D eigenvalue weighted by Gasteiger charge is 2.21. The number of nitrogens with one attached hydrogen (secondary N) is 1. The zero-order valence-corrected chi connectivity index (χ0v) is 13.8. The van der Waals surface area contributed by atoms with E-state index in [4.69, 9.17) is 4.74 Å². The van der Waals surface area contributed by atoms with E-state index in [9.17, 15) is 0 Å². The van der Waals surface area contributed by atoms with Crippen LogP contribution in [0.1, 0.15) is 37.6 Å². The van der Waals surface area contributed by atoms with E-state index in [1.807, 2.05) is 23.9 Å². The fraction of sp³-hybridized carbons (Fsp3) is 0.471. The van der Waals surface area contributed by atoms with E-state index in [0.29, 0.717) is 0 Å². The highest BCUT2D eigenvalue weighted by molar-refractivity contribution is 5.51. The lowest BCUT2D eigenvalue weighted by atomic mass is 9.89. The van der Waals surface area contributed by atoms with E-state index in [0.717, 1.165) is 29.2 Å². The van der Waals surface area contributed by atoms with Crippen LogP contribution in [0.3, 0.4) is 0 Å². The van der Waals surface area contributed by atoms with Crippen molar-refractivity contribution in [2.45, 2.75) is 39.7 Å². The number of ether oxygens (including phenoxy) is 1. The second-order valence-electron chi connectivity index (χ2n) is 6.46. The lowest BCUT2D eigenvalue weighted by Gasteiger charge is -2.18. The smallest absolute Gasteiger partial charge is 0.121 e. The van der Waals surface area contributed by atoms with E-state index in [2.05, 4.69) is 50.4 Å². The van der Waals surface area contributed by atoms with Crippen molar-refractivity contribution in [3.05, 3.63) is 41.2 Å². The van der Waals surface area contributed by atoms with Gasteiger partial charge in [-0.1, -0.05) is 20.8 Å². The fourth-order valence-corrected chi connectivity index (χ4v) is 2.48. The Balaban J connectivity index is 2.15. The Morgan fingerprint density at radius 3 is 2.57 bits per heavy atom. The number of rotatable bonds is 4. The van der Waals surface area contributed by atoms with Crippen LogP contribution < -0.4 is 10.1 Å². The number of nitrogens with zero attached hydrogens (tertiary/aromatic N) is 2. The SMILES string of the molecule is COc1ccc(NCc2cn(C)nc2C(C)(C)C)cc1C. The normalized spacial score (nSPS) is 11.5. The van der Waals surface area contributed by atoms with Crippen molar-refractivity contribution in [3.63, 3.8) is 0 Å². The third kappa shape index (κ3) is 3.57. The van der Waals surface area contributed by atoms with Gasteiger partial charge in [0.1, 0.15) is 5.75 Å². The molecule has 0 amide bonds. The van der Waals surface area contributed by atoms with E-state index in [-0.39, 0.29) is 5.41 Å². The zero-order valence-electron chi connectivity index (χ0n) is 13.8. The minimum absolute atomic E-state index is 0.0497. The summed E-state index contributed by atoms with van der Waals surface area (Å²) < 4.78 is 7.17. The number of aromatic nitrogens is 2. The number of hydrogen-bond donors (Lipinski definition) is 1. The van der Waals surface area contributed by atoms with Crippen molar-refractivity contribution in [3.8, 4) is 5.75 Å². The largest absolute Gasteiger partial charge is 0.496 e. The third-order valence-electron chi connectivity index (χ3n) is 3.49. The van der Waals surface area contributed by atoms with E-state index in [1.54, 1.807) is 7.11 Å². The molecule has 0 bridgehead atoms. The zero-order chi connectivity index (χ0) is 15.6. The van der Waals surface area contributed by atoms with Gasteiger partial charge in [0, 0.05) is 36.5 Å². The summed E-state index contributed by atoms with van der Waals surface area (Å²) in [4.78, 5) is 0. The van der Waals surface area contributed by atoms with E-state index < -0.39 is 0 Å². The van der Waals surface area contributed by atoms with Crippen LogP contribution in [-0.2, 0) is 19.0 Å². The number of methoxy groups -OCH3 is 1. The molecule has 0 radical (unpaired) electrons. The third-order valence-corrected chi connectivity index (χ3v) is 3.49. The summed E-state index contributed by atoms with van der Waals surface area (Å²) in [6.45, 7) is 9.39. The first-order valence-electron chi connectivity index (χ1n) is 7.23. The van der Waals surface area contributed by atoms with Crippen molar-refractivity contribution >= 4 is 5.69 Å². The molecule has 114 valence electrons.